The van der Waals surface area contributed by atoms with Crippen LogP contribution in [0.1, 0.15) is 0 Å². The zero-order valence-corrected chi connectivity index (χ0v) is 9.70. The number of aromatic nitrogens is 1. The van der Waals surface area contributed by atoms with Gasteiger partial charge in [0.25, 0.3) is 0 Å². The van der Waals surface area contributed by atoms with Gasteiger partial charge in [-0.25, -0.2) is 4.98 Å². The molecule has 0 atom stereocenters. The highest BCUT2D eigenvalue weighted by atomic mass is 32.1. The molecular formula is C10H11N3S2. The molecule has 5 heteroatoms. The van der Waals surface area contributed by atoms with Crippen LogP contribution in [0.2, 0.25) is 0 Å². The van der Waals surface area contributed by atoms with Crippen molar-refractivity contribution in [3.8, 4) is 0 Å². The number of thiazole rings is 1. The number of hydrogen-bond donors (Lipinski definition) is 2. The quantitative estimate of drug-likeness (QED) is 0.685. The zero-order valence-electron chi connectivity index (χ0n) is 8.06. The Morgan fingerprint density at radius 3 is 2.53 bits per heavy atom. The van der Waals surface area contributed by atoms with Crippen molar-refractivity contribution in [2.75, 3.05) is 13.1 Å². The molecule has 1 aliphatic heterocycles. The number of para-hydroxylation sites is 1. The number of nitrogens with zero attached hydrogens (tertiary/aromatic N) is 1. The topological polar surface area (TPSA) is 37.0 Å². The minimum absolute atomic E-state index is 0.787. The first kappa shape index (κ1) is 10.3. The minimum atomic E-state index is 0.787. The standard InChI is InChI=1S/C7H5NS.C3H6N2S/c1-2-4-7-6(3-1)8-5-9-7;6-3-4-1-2-5-3/h1-5H;1-2H2,(H2,4,5,6). The summed E-state index contributed by atoms with van der Waals surface area (Å²) < 4.78 is 1.26. The largest absolute Gasteiger partial charge is 0.361 e. The highest BCUT2D eigenvalue weighted by Gasteiger charge is 1.98. The fourth-order valence-corrected chi connectivity index (χ4v) is 2.10. The van der Waals surface area contributed by atoms with E-state index in [4.69, 9.17) is 12.2 Å². The van der Waals surface area contributed by atoms with Gasteiger partial charge in [-0.15, -0.1) is 11.3 Å². The molecule has 0 radical (unpaired) electrons. The number of hydrogen-bond acceptors (Lipinski definition) is 3. The first-order chi connectivity index (χ1) is 7.36. The van der Waals surface area contributed by atoms with E-state index in [1.165, 1.54) is 4.70 Å². The van der Waals surface area contributed by atoms with E-state index in [-0.39, 0.29) is 0 Å². The van der Waals surface area contributed by atoms with E-state index in [1.807, 2.05) is 23.7 Å². The maximum Gasteiger partial charge on any atom is 0.166 e. The number of benzene rings is 1. The predicted octanol–water partition coefficient (Wildman–Crippen LogP) is 1.76. The Labute approximate surface area is 97.5 Å². The van der Waals surface area contributed by atoms with Crippen molar-refractivity contribution >= 4 is 38.9 Å². The summed E-state index contributed by atoms with van der Waals surface area (Å²) in [6.07, 6.45) is 0. The minimum Gasteiger partial charge on any atom is -0.361 e. The van der Waals surface area contributed by atoms with Crippen LogP contribution in [-0.4, -0.2) is 23.2 Å². The Hall–Kier alpha value is -1.20. The van der Waals surface area contributed by atoms with Crippen molar-refractivity contribution < 1.29 is 0 Å². The number of rotatable bonds is 0. The van der Waals surface area contributed by atoms with Crippen LogP contribution in [0, 0.1) is 0 Å². The first-order valence-electron chi connectivity index (χ1n) is 4.66. The highest BCUT2D eigenvalue weighted by molar-refractivity contribution is 7.80. The van der Waals surface area contributed by atoms with Gasteiger partial charge >= 0.3 is 0 Å². The lowest BCUT2D eigenvalue weighted by Crippen LogP contribution is -2.19. The van der Waals surface area contributed by atoms with Gasteiger partial charge in [0.2, 0.25) is 0 Å². The Kier molecular flexibility index (Phi) is 3.47. The second-order valence-corrected chi connectivity index (χ2v) is 4.30. The molecule has 3 rings (SSSR count). The monoisotopic (exact) mass is 237 g/mol. The average Bonchev–Trinajstić information content (AvgIpc) is 2.88. The van der Waals surface area contributed by atoms with Crippen molar-refractivity contribution in [1.29, 1.82) is 0 Å². The third-order valence-electron chi connectivity index (χ3n) is 1.93. The molecule has 1 aliphatic rings. The maximum atomic E-state index is 4.70. The molecule has 2 heterocycles. The zero-order chi connectivity index (χ0) is 10.5. The summed E-state index contributed by atoms with van der Waals surface area (Å²) in [5.74, 6) is 0. The smallest absolute Gasteiger partial charge is 0.166 e. The molecule has 15 heavy (non-hydrogen) atoms. The Morgan fingerprint density at radius 1 is 1.20 bits per heavy atom. The molecule has 1 aromatic heterocycles. The van der Waals surface area contributed by atoms with Gasteiger partial charge in [-0.1, -0.05) is 12.1 Å². The van der Waals surface area contributed by atoms with Crippen molar-refractivity contribution in [3.63, 3.8) is 0 Å². The average molecular weight is 237 g/mol. The van der Waals surface area contributed by atoms with Crippen LogP contribution in [0.25, 0.3) is 10.2 Å². The third kappa shape index (κ3) is 2.87. The summed E-state index contributed by atoms with van der Waals surface area (Å²) in [6, 6.07) is 8.13. The second-order valence-electron chi connectivity index (χ2n) is 3.00. The molecule has 1 saturated heterocycles. The van der Waals surface area contributed by atoms with Gasteiger partial charge in [0.05, 0.1) is 15.7 Å². The van der Waals surface area contributed by atoms with Crippen LogP contribution in [-0.2, 0) is 0 Å². The number of nitrogens with one attached hydrogen (secondary N) is 2. The third-order valence-corrected chi connectivity index (χ3v) is 3.03. The van der Waals surface area contributed by atoms with Crippen LogP contribution >= 0.6 is 23.6 Å². The van der Waals surface area contributed by atoms with Crippen molar-refractivity contribution in [2.24, 2.45) is 0 Å². The molecule has 0 bridgehead atoms. The SMILES string of the molecule is S=C1NCCN1.c1ccc2scnc2c1. The molecule has 0 spiro atoms. The Balaban J connectivity index is 0.000000124. The fraction of sp³-hybridized carbons (Fsp3) is 0.200. The lowest BCUT2D eigenvalue weighted by Gasteiger charge is -1.85. The van der Waals surface area contributed by atoms with Crippen LogP contribution in [0.3, 0.4) is 0 Å². The fourth-order valence-electron chi connectivity index (χ4n) is 1.22. The molecule has 2 aromatic rings. The molecule has 2 N–H and O–H groups in total. The second kappa shape index (κ2) is 5.04. The van der Waals surface area contributed by atoms with Crippen molar-refractivity contribution in [2.45, 2.75) is 0 Å². The van der Waals surface area contributed by atoms with E-state index < -0.39 is 0 Å². The molecule has 0 aliphatic carbocycles. The molecule has 0 saturated carbocycles. The lowest BCUT2D eigenvalue weighted by atomic mass is 10.3. The van der Waals surface area contributed by atoms with Gasteiger partial charge in [-0.05, 0) is 24.4 Å². The maximum absolute atomic E-state index is 4.70. The molecule has 0 amide bonds. The van der Waals surface area contributed by atoms with Crippen LogP contribution < -0.4 is 10.6 Å². The van der Waals surface area contributed by atoms with Gasteiger partial charge in [0.1, 0.15) is 0 Å². The summed E-state index contributed by atoms with van der Waals surface area (Å²) in [5.41, 5.74) is 2.97. The van der Waals surface area contributed by atoms with Gasteiger partial charge in [0, 0.05) is 13.1 Å². The number of thiocarbonyl (C=S) groups is 1. The van der Waals surface area contributed by atoms with E-state index in [9.17, 15) is 0 Å². The van der Waals surface area contributed by atoms with E-state index >= 15 is 0 Å². The van der Waals surface area contributed by atoms with Crippen molar-refractivity contribution in [3.05, 3.63) is 29.8 Å². The van der Waals surface area contributed by atoms with Crippen LogP contribution in [0.15, 0.2) is 29.8 Å². The molecular weight excluding hydrogens is 226 g/mol. The van der Waals surface area contributed by atoms with E-state index in [0.29, 0.717) is 0 Å². The molecule has 78 valence electrons. The lowest BCUT2D eigenvalue weighted by molar-refractivity contribution is 0.942. The summed E-state index contributed by atoms with van der Waals surface area (Å²) in [7, 11) is 0. The summed E-state index contributed by atoms with van der Waals surface area (Å²) in [5, 5.41) is 6.67. The highest BCUT2D eigenvalue weighted by Crippen LogP contribution is 2.15. The van der Waals surface area contributed by atoms with Gasteiger partial charge < -0.3 is 10.6 Å². The van der Waals surface area contributed by atoms with E-state index in [2.05, 4.69) is 21.7 Å². The summed E-state index contributed by atoms with van der Waals surface area (Å²) in [4.78, 5) is 4.14. The van der Waals surface area contributed by atoms with Crippen LogP contribution in [0.4, 0.5) is 0 Å². The van der Waals surface area contributed by atoms with E-state index in [1.54, 1.807) is 11.3 Å². The van der Waals surface area contributed by atoms with E-state index in [0.717, 1.165) is 23.7 Å². The number of fused-ring (bicyclic) bond motifs is 1. The summed E-state index contributed by atoms with van der Waals surface area (Å²) >= 11 is 6.37. The Bertz CT molecular complexity index is 414. The van der Waals surface area contributed by atoms with Crippen molar-refractivity contribution in [1.82, 2.24) is 15.6 Å². The molecule has 0 unspecified atom stereocenters. The summed E-state index contributed by atoms with van der Waals surface area (Å²) in [6.45, 7) is 1.97. The molecule has 3 nitrogen and oxygen atoms in total. The Morgan fingerprint density at radius 2 is 1.93 bits per heavy atom. The normalized spacial score (nSPS) is 14.0. The predicted molar refractivity (Wildman–Crippen MR) is 68.2 cm³/mol. The molecule has 1 fully saturated rings. The van der Waals surface area contributed by atoms with Gasteiger partial charge in [-0.2, -0.15) is 0 Å². The van der Waals surface area contributed by atoms with Gasteiger partial charge in [-0.3, -0.25) is 0 Å². The van der Waals surface area contributed by atoms with Crippen LogP contribution in [0.5, 0.6) is 0 Å². The molecule has 1 aromatic carbocycles. The first-order valence-corrected chi connectivity index (χ1v) is 5.95. The van der Waals surface area contributed by atoms with Gasteiger partial charge in [0.15, 0.2) is 5.11 Å².